The number of phenols is 1. The van der Waals surface area contributed by atoms with Gasteiger partial charge in [-0.1, -0.05) is 26.8 Å². The smallest absolute Gasteiger partial charge is 0.247 e. The molecule has 0 bridgehead atoms. The molecule has 1 saturated heterocycles. The molecule has 152 valence electrons. The van der Waals surface area contributed by atoms with Gasteiger partial charge in [0.15, 0.2) is 0 Å². The third-order valence-electron chi connectivity index (χ3n) is 6.43. The van der Waals surface area contributed by atoms with Gasteiger partial charge in [-0.05, 0) is 49.8 Å². The van der Waals surface area contributed by atoms with Crippen LogP contribution in [0.1, 0.15) is 64.5 Å². The summed E-state index contributed by atoms with van der Waals surface area (Å²) in [5.41, 5.74) is 2.26. The molecule has 0 unspecified atom stereocenters. The van der Waals surface area contributed by atoms with Crippen molar-refractivity contribution in [2.45, 2.75) is 70.4 Å². The van der Waals surface area contributed by atoms with Crippen LogP contribution < -0.4 is 10.1 Å². The molecular weight excluding hydrogens is 354 g/mol. The van der Waals surface area contributed by atoms with Crippen molar-refractivity contribution in [3.05, 3.63) is 34.9 Å². The zero-order valence-corrected chi connectivity index (χ0v) is 17.5. The summed E-state index contributed by atoms with van der Waals surface area (Å²) < 4.78 is 11.5. The molecule has 1 aromatic carbocycles. The number of carbonyl (C=O) groups is 1. The maximum Gasteiger partial charge on any atom is 0.247 e. The Morgan fingerprint density at radius 2 is 1.96 bits per heavy atom. The van der Waals surface area contributed by atoms with Gasteiger partial charge in [0.2, 0.25) is 5.91 Å². The van der Waals surface area contributed by atoms with Crippen LogP contribution in [0, 0.1) is 5.92 Å². The molecule has 2 aliphatic heterocycles. The molecule has 5 heteroatoms. The lowest BCUT2D eigenvalue weighted by atomic mass is 9.66. The fraction of sp³-hybridized carbons (Fsp3) is 0.609. The number of allylic oxidation sites excluding steroid dienone is 1. The molecule has 28 heavy (non-hydrogen) atoms. The fourth-order valence-electron chi connectivity index (χ4n) is 4.61. The zero-order chi connectivity index (χ0) is 20.3. The maximum atomic E-state index is 12.7. The summed E-state index contributed by atoms with van der Waals surface area (Å²) in [6, 6.07) is 4.05. The molecule has 2 heterocycles. The lowest BCUT2D eigenvalue weighted by Gasteiger charge is -2.47. The van der Waals surface area contributed by atoms with Crippen molar-refractivity contribution in [1.29, 1.82) is 0 Å². The van der Waals surface area contributed by atoms with Gasteiger partial charge in [-0.2, -0.15) is 0 Å². The third kappa shape index (κ3) is 3.30. The highest BCUT2D eigenvalue weighted by molar-refractivity contribution is 5.94. The van der Waals surface area contributed by atoms with E-state index in [9.17, 15) is 9.90 Å². The lowest BCUT2D eigenvalue weighted by molar-refractivity contribution is -0.122. The minimum atomic E-state index is -0.360. The van der Waals surface area contributed by atoms with E-state index in [1.165, 1.54) is 0 Å². The van der Waals surface area contributed by atoms with E-state index in [1.807, 2.05) is 12.1 Å². The van der Waals surface area contributed by atoms with E-state index in [0.717, 1.165) is 28.9 Å². The van der Waals surface area contributed by atoms with Crippen LogP contribution in [-0.2, 0) is 14.9 Å². The first-order chi connectivity index (χ1) is 13.1. The normalized spacial score (nSPS) is 26.2. The van der Waals surface area contributed by atoms with Gasteiger partial charge in [-0.25, -0.2) is 0 Å². The number of rotatable bonds is 2. The van der Waals surface area contributed by atoms with Crippen LogP contribution >= 0.6 is 0 Å². The number of phenolic OH excluding ortho intramolecular Hbond substituents is 1. The number of amides is 1. The van der Waals surface area contributed by atoms with Crippen LogP contribution in [0.15, 0.2) is 23.8 Å². The first-order valence-electron chi connectivity index (χ1n) is 10.2. The lowest BCUT2D eigenvalue weighted by Crippen LogP contribution is -2.50. The number of aromatic hydroxyl groups is 1. The topological polar surface area (TPSA) is 67.8 Å². The Morgan fingerprint density at radius 1 is 1.25 bits per heavy atom. The van der Waals surface area contributed by atoms with E-state index in [4.69, 9.17) is 9.47 Å². The Bertz CT molecular complexity index is 830. The number of ether oxygens (including phenoxy) is 2. The number of hydrogen-bond donors (Lipinski definition) is 2. The molecule has 2 N–H and O–H groups in total. The van der Waals surface area contributed by atoms with Gasteiger partial charge in [0.05, 0.1) is 19.3 Å². The highest BCUT2D eigenvalue weighted by Crippen LogP contribution is 2.54. The van der Waals surface area contributed by atoms with Crippen LogP contribution in [0.25, 0.3) is 0 Å². The predicted molar refractivity (Wildman–Crippen MR) is 108 cm³/mol. The largest absolute Gasteiger partial charge is 0.508 e. The van der Waals surface area contributed by atoms with Crippen molar-refractivity contribution < 1.29 is 19.4 Å². The van der Waals surface area contributed by atoms with Gasteiger partial charge in [-0.15, -0.1) is 0 Å². The maximum absolute atomic E-state index is 12.7. The molecule has 1 amide bonds. The number of benzene rings is 1. The second kappa shape index (κ2) is 6.51. The molecule has 0 spiro atoms. The average Bonchev–Trinajstić information content (AvgIpc) is 2.55. The van der Waals surface area contributed by atoms with Crippen LogP contribution in [0.4, 0.5) is 0 Å². The van der Waals surface area contributed by atoms with Crippen molar-refractivity contribution >= 4 is 5.91 Å². The molecule has 3 aliphatic rings. The standard InChI is InChI=1S/C23H31NO4/c1-22(2,3)14-9-18(25)20-16-8-13(21(26)24-15-11-27-12-15)6-7-17(16)23(4,5)28-19(20)10-14/h6,9-10,15-17,25H,7-8,11-12H2,1-5H3,(H,24,26)/t16-,17-/m1/s1. The van der Waals surface area contributed by atoms with Crippen molar-refractivity contribution in [3.8, 4) is 11.5 Å². The molecule has 0 radical (unpaired) electrons. The van der Waals surface area contributed by atoms with Gasteiger partial charge in [0.1, 0.15) is 17.1 Å². The summed E-state index contributed by atoms with van der Waals surface area (Å²) in [5.74, 6) is 1.31. The highest BCUT2D eigenvalue weighted by atomic mass is 16.5. The summed E-state index contributed by atoms with van der Waals surface area (Å²) >= 11 is 0. The van der Waals surface area contributed by atoms with Crippen molar-refractivity contribution in [2.24, 2.45) is 5.92 Å². The molecule has 1 aliphatic carbocycles. The van der Waals surface area contributed by atoms with Gasteiger partial charge in [-0.3, -0.25) is 4.79 Å². The summed E-state index contributed by atoms with van der Waals surface area (Å²) in [6.07, 6.45) is 3.43. The Hall–Kier alpha value is -2.01. The molecule has 4 rings (SSSR count). The van der Waals surface area contributed by atoms with Crippen LogP contribution in [0.3, 0.4) is 0 Å². The molecule has 1 aromatic rings. The summed E-state index contributed by atoms with van der Waals surface area (Å²) in [5, 5.41) is 14.0. The molecule has 0 aromatic heterocycles. The quantitative estimate of drug-likeness (QED) is 0.813. The van der Waals surface area contributed by atoms with Gasteiger partial charge < -0.3 is 19.9 Å². The Labute approximate surface area is 167 Å². The molecular formula is C23H31NO4. The zero-order valence-electron chi connectivity index (χ0n) is 17.5. The van der Waals surface area contributed by atoms with Crippen molar-refractivity contribution in [3.63, 3.8) is 0 Å². The predicted octanol–water partition coefficient (Wildman–Crippen LogP) is 3.80. The monoisotopic (exact) mass is 385 g/mol. The Morgan fingerprint density at radius 3 is 2.57 bits per heavy atom. The second-order valence-corrected chi connectivity index (χ2v) is 9.95. The first kappa shape index (κ1) is 19.3. The second-order valence-electron chi connectivity index (χ2n) is 9.95. The van der Waals surface area contributed by atoms with Gasteiger partial charge in [0.25, 0.3) is 0 Å². The van der Waals surface area contributed by atoms with Gasteiger partial charge in [0, 0.05) is 23.0 Å². The van der Waals surface area contributed by atoms with E-state index in [1.54, 1.807) is 0 Å². The summed E-state index contributed by atoms with van der Waals surface area (Å²) in [7, 11) is 0. The van der Waals surface area contributed by atoms with E-state index >= 15 is 0 Å². The van der Waals surface area contributed by atoms with Crippen LogP contribution in [0.2, 0.25) is 0 Å². The number of fused-ring (bicyclic) bond motifs is 3. The van der Waals surface area contributed by atoms with Crippen LogP contribution in [-0.4, -0.2) is 35.9 Å². The third-order valence-corrected chi connectivity index (χ3v) is 6.43. The van der Waals surface area contributed by atoms with E-state index < -0.39 is 0 Å². The summed E-state index contributed by atoms with van der Waals surface area (Å²) in [4.78, 5) is 12.7. The highest BCUT2D eigenvalue weighted by Gasteiger charge is 2.47. The first-order valence-corrected chi connectivity index (χ1v) is 10.2. The molecule has 5 nitrogen and oxygen atoms in total. The summed E-state index contributed by atoms with van der Waals surface area (Å²) in [6.45, 7) is 11.8. The van der Waals surface area contributed by atoms with Crippen LogP contribution in [0.5, 0.6) is 11.5 Å². The van der Waals surface area contributed by atoms with E-state index in [-0.39, 0.29) is 40.6 Å². The SMILES string of the molecule is CC(C)(C)c1cc(O)c2c(c1)OC(C)(C)[C@@H]1CC=C(C(=O)NC3COC3)C[C@@H]21. The van der Waals surface area contributed by atoms with E-state index in [0.29, 0.717) is 19.6 Å². The number of hydrogen-bond acceptors (Lipinski definition) is 4. The minimum Gasteiger partial charge on any atom is -0.508 e. The molecule has 0 saturated carbocycles. The van der Waals surface area contributed by atoms with Crippen molar-refractivity contribution in [1.82, 2.24) is 5.32 Å². The van der Waals surface area contributed by atoms with E-state index in [2.05, 4.69) is 46.0 Å². The van der Waals surface area contributed by atoms with Crippen molar-refractivity contribution in [2.75, 3.05) is 13.2 Å². The minimum absolute atomic E-state index is 0.0107. The van der Waals surface area contributed by atoms with Gasteiger partial charge >= 0.3 is 0 Å². The average molecular weight is 386 g/mol. The Kier molecular flexibility index (Phi) is 4.49. The molecule has 1 fully saturated rings. The Balaban J connectivity index is 1.68. The number of carbonyl (C=O) groups excluding carboxylic acids is 1. The molecule has 2 atom stereocenters. The number of nitrogens with one attached hydrogen (secondary N) is 1. The fourth-order valence-corrected chi connectivity index (χ4v) is 4.61.